The zero-order valence-corrected chi connectivity index (χ0v) is 30.7. The molecule has 12 heteroatoms. The summed E-state index contributed by atoms with van der Waals surface area (Å²) in [6, 6.07) is 0. The molecule has 6 fully saturated rings. The van der Waals surface area contributed by atoms with E-state index in [9.17, 15) is 24.9 Å². The van der Waals surface area contributed by atoms with Gasteiger partial charge in [-0.25, -0.2) is 0 Å². The number of fused-ring (bicyclic) bond motifs is 2. The van der Waals surface area contributed by atoms with Crippen LogP contribution in [0.4, 0.5) is 0 Å². The standard InChI is InChI=1S/C29H44O11.C10H18O/c1-15-6-20(36-13-15)3-2-17(31)11-24-25(34)28-29(40-24)26(35)27-23(39-28)5-4-21(38-27)9-18(32)7-16-8-22(37-14-16)10-19(33)12-30;1-5-10-6-7(2)8(3)9(4)11-10/h16,19-30,33-35H,1-14H2;7,9-10H,3,5-6H2,1-2,4H3/t16?,19?,20?,21?,22-,23?,24?,25?,26?,27-,28?,29?;/m0./s1. The van der Waals surface area contributed by atoms with Crippen LogP contribution in [0.25, 0.3) is 0 Å². The van der Waals surface area contributed by atoms with Gasteiger partial charge in [-0.2, -0.15) is 0 Å². The van der Waals surface area contributed by atoms with Crippen LogP contribution in [-0.4, -0.2) is 131 Å². The van der Waals surface area contributed by atoms with Crippen LogP contribution in [-0.2, 0) is 38.0 Å². The van der Waals surface area contributed by atoms with Crippen LogP contribution in [0.3, 0.4) is 0 Å². The summed E-state index contributed by atoms with van der Waals surface area (Å²) in [5.74, 6) is 0.739. The van der Waals surface area contributed by atoms with Gasteiger partial charge in [-0.15, -0.1) is 0 Å². The van der Waals surface area contributed by atoms with Crippen molar-refractivity contribution in [1.29, 1.82) is 0 Å². The van der Waals surface area contributed by atoms with E-state index in [0.717, 1.165) is 24.8 Å². The monoisotopic (exact) mass is 722 g/mol. The summed E-state index contributed by atoms with van der Waals surface area (Å²) in [6.45, 7) is 15.1. The van der Waals surface area contributed by atoms with Gasteiger partial charge >= 0.3 is 0 Å². The lowest BCUT2D eigenvalue weighted by Gasteiger charge is -2.46. The van der Waals surface area contributed by atoms with E-state index in [2.05, 4.69) is 33.9 Å². The average Bonchev–Trinajstić information content (AvgIpc) is 3.81. The Morgan fingerprint density at radius 1 is 0.843 bits per heavy atom. The van der Waals surface area contributed by atoms with Crippen LogP contribution >= 0.6 is 0 Å². The summed E-state index contributed by atoms with van der Waals surface area (Å²) in [5.41, 5.74) is 2.29. The van der Waals surface area contributed by atoms with Gasteiger partial charge in [-0.1, -0.05) is 27.0 Å². The first-order valence-electron chi connectivity index (χ1n) is 19.2. The van der Waals surface area contributed by atoms with Crippen LogP contribution in [0.15, 0.2) is 24.3 Å². The quantitative estimate of drug-likeness (QED) is 0.205. The number of ketones is 2. The third-order valence-electron chi connectivity index (χ3n) is 11.6. The number of Topliss-reactive ketones (excluding diaryl/α,β-unsaturated/α-hetero) is 2. The second-order valence-electron chi connectivity index (χ2n) is 15.8. The highest BCUT2D eigenvalue weighted by Gasteiger charge is 2.57. The van der Waals surface area contributed by atoms with Gasteiger partial charge in [-0.3, -0.25) is 9.59 Å². The van der Waals surface area contributed by atoms with E-state index in [1.54, 1.807) is 0 Å². The zero-order valence-electron chi connectivity index (χ0n) is 30.7. The van der Waals surface area contributed by atoms with E-state index < -0.39 is 48.8 Å². The molecule has 0 aliphatic carbocycles. The molecule has 6 saturated heterocycles. The SMILES string of the molecule is C=C1C(C)CC(CC)OC1C.C=C1COC(CCC(=O)CC2OC3C(OC4CCC(CC(=O)CC5CO[C@H](CC(O)CO)C5)O[C@@H]4C3O)C2O)C1. The van der Waals surface area contributed by atoms with Crippen molar-refractivity contribution < 1.29 is 58.4 Å². The summed E-state index contributed by atoms with van der Waals surface area (Å²) < 4.78 is 35.2. The fourth-order valence-electron chi connectivity index (χ4n) is 8.52. The molecule has 13 unspecified atom stereocenters. The number of carbonyl (C=O) groups is 2. The maximum Gasteiger partial charge on any atom is 0.135 e. The molecule has 0 aromatic carbocycles. The Hall–Kier alpha value is -1.58. The van der Waals surface area contributed by atoms with Gasteiger partial charge in [0.05, 0.1) is 68.7 Å². The molecule has 290 valence electrons. The predicted molar refractivity (Wildman–Crippen MR) is 187 cm³/mol. The molecule has 51 heavy (non-hydrogen) atoms. The Morgan fingerprint density at radius 3 is 2.29 bits per heavy atom. The summed E-state index contributed by atoms with van der Waals surface area (Å²) in [7, 11) is 0. The number of aliphatic hydroxyl groups is 4. The number of ether oxygens (including phenoxy) is 6. The molecule has 15 atom stereocenters. The van der Waals surface area contributed by atoms with E-state index in [4.69, 9.17) is 33.5 Å². The van der Waals surface area contributed by atoms with Crippen molar-refractivity contribution >= 4 is 11.6 Å². The second kappa shape index (κ2) is 18.6. The number of carbonyl (C=O) groups excluding carboxylic acids is 2. The third-order valence-corrected chi connectivity index (χ3v) is 11.6. The van der Waals surface area contributed by atoms with Crippen molar-refractivity contribution in [1.82, 2.24) is 0 Å². The molecule has 6 aliphatic rings. The first-order chi connectivity index (χ1) is 24.3. The summed E-state index contributed by atoms with van der Waals surface area (Å²) >= 11 is 0. The molecule has 0 radical (unpaired) electrons. The molecular formula is C39H62O12. The molecule has 6 heterocycles. The van der Waals surface area contributed by atoms with Crippen molar-refractivity contribution in [2.75, 3.05) is 19.8 Å². The minimum atomic E-state index is -1.05. The maximum atomic E-state index is 12.8. The molecule has 0 aromatic heterocycles. The van der Waals surface area contributed by atoms with Crippen molar-refractivity contribution in [2.24, 2.45) is 11.8 Å². The van der Waals surface area contributed by atoms with Crippen LogP contribution in [0.1, 0.15) is 97.8 Å². The van der Waals surface area contributed by atoms with Crippen LogP contribution in [0, 0.1) is 11.8 Å². The van der Waals surface area contributed by atoms with Crippen LogP contribution in [0.5, 0.6) is 0 Å². The predicted octanol–water partition coefficient (Wildman–Crippen LogP) is 3.14. The number of hydrogen-bond acceptors (Lipinski definition) is 12. The second-order valence-corrected chi connectivity index (χ2v) is 15.8. The molecule has 4 N–H and O–H groups in total. The molecule has 0 spiro atoms. The molecule has 6 rings (SSSR count). The average molecular weight is 723 g/mol. The minimum absolute atomic E-state index is 0.00742. The molecule has 0 amide bonds. The van der Waals surface area contributed by atoms with E-state index in [-0.39, 0.29) is 61.3 Å². The summed E-state index contributed by atoms with van der Waals surface area (Å²) in [6.07, 6.45) is 0.724. The molecule has 12 nitrogen and oxygen atoms in total. The van der Waals surface area contributed by atoms with Gasteiger partial charge in [-0.05, 0) is 74.9 Å². The highest BCUT2D eigenvalue weighted by Crippen LogP contribution is 2.40. The topological polar surface area (TPSA) is 170 Å². The third kappa shape index (κ3) is 10.8. The van der Waals surface area contributed by atoms with E-state index >= 15 is 0 Å². The van der Waals surface area contributed by atoms with Gasteiger partial charge in [0.2, 0.25) is 0 Å². The molecular weight excluding hydrogens is 660 g/mol. The van der Waals surface area contributed by atoms with Crippen LogP contribution in [0.2, 0.25) is 0 Å². The van der Waals surface area contributed by atoms with Gasteiger partial charge in [0, 0.05) is 32.1 Å². The Balaban J connectivity index is 0.000000392. The van der Waals surface area contributed by atoms with E-state index in [0.29, 0.717) is 70.2 Å². The Labute approximate surface area is 302 Å². The van der Waals surface area contributed by atoms with Crippen molar-refractivity contribution in [2.45, 2.75) is 177 Å². The van der Waals surface area contributed by atoms with Crippen molar-refractivity contribution in [3.8, 4) is 0 Å². The Kier molecular flexibility index (Phi) is 14.8. The molecule has 0 aromatic rings. The molecule has 0 saturated carbocycles. The molecule has 0 bridgehead atoms. The van der Waals surface area contributed by atoms with Gasteiger partial charge in [0.15, 0.2) is 0 Å². The zero-order chi connectivity index (χ0) is 36.8. The lowest BCUT2D eigenvalue weighted by Crippen LogP contribution is -2.61. The minimum Gasteiger partial charge on any atom is -0.394 e. The highest BCUT2D eigenvalue weighted by molar-refractivity contribution is 5.79. The smallest absolute Gasteiger partial charge is 0.135 e. The fourth-order valence-corrected chi connectivity index (χ4v) is 8.52. The largest absolute Gasteiger partial charge is 0.394 e. The molecule has 6 aliphatic heterocycles. The number of hydrogen-bond donors (Lipinski definition) is 4. The van der Waals surface area contributed by atoms with Gasteiger partial charge in [0.25, 0.3) is 0 Å². The van der Waals surface area contributed by atoms with E-state index in [1.807, 2.05) is 0 Å². The Morgan fingerprint density at radius 2 is 1.61 bits per heavy atom. The highest BCUT2D eigenvalue weighted by atomic mass is 16.6. The number of aliphatic hydroxyl groups excluding tert-OH is 4. The maximum absolute atomic E-state index is 12.8. The first-order valence-corrected chi connectivity index (χ1v) is 19.2. The van der Waals surface area contributed by atoms with E-state index in [1.165, 1.54) is 5.57 Å². The fraction of sp³-hybridized carbons (Fsp3) is 0.846. The first kappa shape index (κ1) is 40.6. The number of rotatable bonds is 13. The lowest BCUT2D eigenvalue weighted by molar-refractivity contribution is -0.259. The van der Waals surface area contributed by atoms with Crippen molar-refractivity contribution in [3.05, 3.63) is 24.3 Å². The van der Waals surface area contributed by atoms with Crippen molar-refractivity contribution in [3.63, 3.8) is 0 Å². The lowest BCUT2D eigenvalue weighted by atomic mass is 9.87. The van der Waals surface area contributed by atoms with Gasteiger partial charge in [0.1, 0.15) is 42.1 Å². The van der Waals surface area contributed by atoms with Crippen LogP contribution < -0.4 is 0 Å². The van der Waals surface area contributed by atoms with Gasteiger partial charge < -0.3 is 48.8 Å². The summed E-state index contributed by atoms with van der Waals surface area (Å²) in [4.78, 5) is 25.4. The Bertz CT molecular complexity index is 1180. The normalized spacial score (nSPS) is 41.4. The summed E-state index contributed by atoms with van der Waals surface area (Å²) in [5, 5.41) is 40.6.